The fourth-order valence-corrected chi connectivity index (χ4v) is 1.40. The summed E-state index contributed by atoms with van der Waals surface area (Å²) in [7, 11) is 1.68. The summed E-state index contributed by atoms with van der Waals surface area (Å²) < 4.78 is 4.96. The van der Waals surface area contributed by atoms with Crippen molar-refractivity contribution in [2.75, 3.05) is 37.4 Å². The van der Waals surface area contributed by atoms with Crippen molar-refractivity contribution in [2.45, 2.75) is 0 Å². The molecular formula is C11H16N4O4. The van der Waals surface area contributed by atoms with Crippen LogP contribution in [0.25, 0.3) is 0 Å². The maximum Gasteiger partial charge on any atom is 0.273 e. The summed E-state index contributed by atoms with van der Waals surface area (Å²) in [5.74, 6) is -0.534. The van der Waals surface area contributed by atoms with E-state index in [1.165, 1.54) is 12.1 Å². The van der Waals surface area contributed by atoms with Gasteiger partial charge in [0.15, 0.2) is 0 Å². The normalized spacial score (nSPS) is 9.95. The molecule has 0 bridgehead atoms. The number of benzene rings is 1. The molecule has 1 aromatic carbocycles. The lowest BCUT2D eigenvalue weighted by molar-refractivity contribution is -0.384. The molecule has 0 aliphatic rings. The average Bonchev–Trinajstić information content (AvgIpc) is 2.37. The van der Waals surface area contributed by atoms with Gasteiger partial charge in [-0.2, -0.15) is 0 Å². The van der Waals surface area contributed by atoms with E-state index >= 15 is 0 Å². The third kappa shape index (κ3) is 5.21. The van der Waals surface area contributed by atoms with Crippen molar-refractivity contribution in [3.05, 3.63) is 28.3 Å². The Labute approximate surface area is 110 Å². The second-order valence-electron chi connectivity index (χ2n) is 3.72. The number of carbonyl (C=O) groups excluding carboxylic acids is 1. The molecule has 0 spiro atoms. The Bertz CT molecular complexity index is 464. The van der Waals surface area contributed by atoms with Gasteiger partial charge in [0.2, 0.25) is 5.91 Å². The first-order valence-electron chi connectivity index (χ1n) is 5.60. The fraction of sp³-hybridized carbons (Fsp3) is 0.364. The van der Waals surface area contributed by atoms with E-state index in [4.69, 9.17) is 10.5 Å². The third-order valence-corrected chi connectivity index (χ3v) is 2.24. The van der Waals surface area contributed by atoms with E-state index in [2.05, 4.69) is 10.6 Å². The highest BCUT2D eigenvalue weighted by Crippen LogP contribution is 2.23. The van der Waals surface area contributed by atoms with Gasteiger partial charge in [0.1, 0.15) is 6.61 Å². The molecule has 0 heterocycles. The number of nitrogens with two attached hydrogens (primary N) is 1. The van der Waals surface area contributed by atoms with Crippen LogP contribution in [-0.4, -0.2) is 37.6 Å². The molecule has 0 aromatic heterocycles. The van der Waals surface area contributed by atoms with Gasteiger partial charge < -0.3 is 21.1 Å². The van der Waals surface area contributed by atoms with E-state index in [0.717, 1.165) is 0 Å². The number of non-ortho nitro benzene ring substituents is 1. The monoisotopic (exact) mass is 268 g/mol. The van der Waals surface area contributed by atoms with E-state index in [0.29, 0.717) is 17.9 Å². The van der Waals surface area contributed by atoms with Crippen LogP contribution < -0.4 is 16.4 Å². The van der Waals surface area contributed by atoms with E-state index in [-0.39, 0.29) is 18.9 Å². The number of nitrogens with zero attached hydrogens (tertiary/aromatic N) is 1. The highest BCUT2D eigenvalue weighted by Gasteiger charge is 2.08. The molecule has 8 nitrogen and oxygen atoms in total. The van der Waals surface area contributed by atoms with Crippen LogP contribution >= 0.6 is 0 Å². The molecule has 0 aliphatic heterocycles. The average molecular weight is 268 g/mol. The van der Waals surface area contributed by atoms with Crippen molar-refractivity contribution in [2.24, 2.45) is 5.73 Å². The molecule has 104 valence electrons. The Hall–Kier alpha value is -2.35. The quantitative estimate of drug-likeness (QED) is 0.360. The van der Waals surface area contributed by atoms with E-state index in [1.807, 2.05) is 0 Å². The van der Waals surface area contributed by atoms with E-state index < -0.39 is 10.8 Å². The zero-order valence-corrected chi connectivity index (χ0v) is 10.5. The fourth-order valence-electron chi connectivity index (χ4n) is 1.40. The third-order valence-electron chi connectivity index (χ3n) is 2.24. The van der Waals surface area contributed by atoms with Gasteiger partial charge in [0.25, 0.3) is 5.69 Å². The van der Waals surface area contributed by atoms with Crippen LogP contribution in [0.1, 0.15) is 0 Å². The number of primary amides is 1. The Kier molecular flexibility index (Phi) is 5.55. The Morgan fingerprint density at radius 1 is 1.42 bits per heavy atom. The second kappa shape index (κ2) is 7.17. The van der Waals surface area contributed by atoms with Crippen LogP contribution in [0.3, 0.4) is 0 Å². The summed E-state index contributed by atoms with van der Waals surface area (Å²) in [6, 6.07) is 4.60. The smallest absolute Gasteiger partial charge is 0.273 e. The number of amides is 1. The minimum absolute atomic E-state index is 0.00703. The molecule has 0 saturated heterocycles. The molecule has 0 atom stereocenters. The summed E-state index contributed by atoms with van der Waals surface area (Å²) in [6.45, 7) is 0.552. The standard InChI is InChI=1S/C11H16N4O4/c1-13-8-4-9(6-10(5-8)15(17)18)14-2-3-19-7-11(12)16/h4-6,13-14H,2-3,7H2,1H3,(H2,12,16). The summed E-state index contributed by atoms with van der Waals surface area (Å²) in [5, 5.41) is 16.6. The molecule has 8 heteroatoms. The number of ether oxygens (including phenoxy) is 1. The van der Waals surface area contributed by atoms with Gasteiger partial charge in [-0.15, -0.1) is 0 Å². The van der Waals surface area contributed by atoms with Gasteiger partial charge in [-0.25, -0.2) is 0 Å². The van der Waals surface area contributed by atoms with Crippen molar-refractivity contribution < 1.29 is 14.5 Å². The first-order valence-corrected chi connectivity index (χ1v) is 5.60. The number of anilines is 2. The van der Waals surface area contributed by atoms with Crippen LogP contribution in [0.5, 0.6) is 0 Å². The lowest BCUT2D eigenvalue weighted by Gasteiger charge is -2.08. The van der Waals surface area contributed by atoms with Gasteiger partial charge in [-0.05, 0) is 6.07 Å². The van der Waals surface area contributed by atoms with Crippen LogP contribution in [0.2, 0.25) is 0 Å². The topological polar surface area (TPSA) is 120 Å². The zero-order chi connectivity index (χ0) is 14.3. The maximum atomic E-state index is 10.7. The predicted octanol–water partition coefficient (Wildman–Crippen LogP) is 0.550. The van der Waals surface area contributed by atoms with Gasteiger partial charge in [0.05, 0.1) is 11.5 Å². The predicted molar refractivity (Wildman–Crippen MR) is 71.1 cm³/mol. The molecule has 1 aromatic rings. The number of hydrogen-bond donors (Lipinski definition) is 3. The number of hydrogen-bond acceptors (Lipinski definition) is 6. The summed E-state index contributed by atoms with van der Waals surface area (Å²) >= 11 is 0. The van der Waals surface area contributed by atoms with Gasteiger partial charge >= 0.3 is 0 Å². The molecule has 0 unspecified atom stereocenters. The van der Waals surface area contributed by atoms with Crippen LogP contribution in [0.4, 0.5) is 17.1 Å². The molecule has 0 aliphatic carbocycles. The lowest BCUT2D eigenvalue weighted by atomic mass is 10.2. The first-order chi connectivity index (χ1) is 9.02. The van der Waals surface area contributed by atoms with Crippen molar-refractivity contribution >= 4 is 23.0 Å². The van der Waals surface area contributed by atoms with E-state index in [1.54, 1.807) is 13.1 Å². The van der Waals surface area contributed by atoms with Crippen LogP contribution in [0.15, 0.2) is 18.2 Å². The van der Waals surface area contributed by atoms with E-state index in [9.17, 15) is 14.9 Å². The minimum Gasteiger partial charge on any atom is -0.388 e. The molecule has 1 rings (SSSR count). The molecule has 0 saturated carbocycles. The van der Waals surface area contributed by atoms with Crippen LogP contribution in [-0.2, 0) is 9.53 Å². The highest BCUT2D eigenvalue weighted by molar-refractivity contribution is 5.75. The number of nitro groups is 1. The SMILES string of the molecule is CNc1cc(NCCOCC(N)=O)cc([N+](=O)[O-])c1. The number of carbonyl (C=O) groups is 1. The van der Waals surface area contributed by atoms with Crippen LogP contribution in [0, 0.1) is 10.1 Å². The molecule has 0 fully saturated rings. The van der Waals surface area contributed by atoms with Crippen molar-refractivity contribution in [3.63, 3.8) is 0 Å². The number of nitro benzene ring substituents is 1. The largest absolute Gasteiger partial charge is 0.388 e. The van der Waals surface area contributed by atoms with Crippen molar-refractivity contribution in [3.8, 4) is 0 Å². The highest BCUT2D eigenvalue weighted by atomic mass is 16.6. The zero-order valence-electron chi connectivity index (χ0n) is 10.5. The molecule has 19 heavy (non-hydrogen) atoms. The Morgan fingerprint density at radius 3 is 2.68 bits per heavy atom. The minimum atomic E-state index is -0.534. The van der Waals surface area contributed by atoms with Crippen molar-refractivity contribution in [1.29, 1.82) is 0 Å². The Balaban J connectivity index is 2.55. The van der Waals surface area contributed by atoms with Crippen molar-refractivity contribution in [1.82, 2.24) is 0 Å². The number of rotatable bonds is 8. The summed E-state index contributed by atoms with van der Waals surface area (Å²) in [5.41, 5.74) is 6.13. The molecular weight excluding hydrogens is 252 g/mol. The Morgan fingerprint density at radius 2 is 2.11 bits per heavy atom. The molecule has 1 amide bonds. The summed E-state index contributed by atoms with van der Waals surface area (Å²) in [4.78, 5) is 20.7. The lowest BCUT2D eigenvalue weighted by Crippen LogP contribution is -2.20. The first kappa shape index (κ1) is 14.7. The summed E-state index contributed by atoms with van der Waals surface area (Å²) in [6.07, 6.45) is 0. The molecule has 0 radical (unpaired) electrons. The molecule has 4 N–H and O–H groups in total. The number of nitrogens with one attached hydrogen (secondary N) is 2. The van der Waals surface area contributed by atoms with Gasteiger partial charge in [-0.3, -0.25) is 14.9 Å². The van der Waals surface area contributed by atoms with Gasteiger partial charge in [-0.1, -0.05) is 0 Å². The second-order valence-corrected chi connectivity index (χ2v) is 3.72. The van der Waals surface area contributed by atoms with Gasteiger partial charge in [0, 0.05) is 37.1 Å². The maximum absolute atomic E-state index is 10.7.